The van der Waals surface area contributed by atoms with Crippen LogP contribution in [-0.4, -0.2) is 57.5 Å². The van der Waals surface area contributed by atoms with Gasteiger partial charge in [-0.15, -0.1) is 11.3 Å². The first-order valence-electron chi connectivity index (χ1n) is 13.0. The number of piperidine rings is 1. The maximum absolute atomic E-state index is 14.0. The molecule has 1 atom stereocenters. The van der Waals surface area contributed by atoms with Gasteiger partial charge in [0.25, 0.3) is 0 Å². The number of nitrogens with zero attached hydrogens (tertiary/aromatic N) is 5. The van der Waals surface area contributed by atoms with Crippen molar-refractivity contribution < 1.29 is 23.8 Å². The first kappa shape index (κ1) is 27.4. The summed E-state index contributed by atoms with van der Waals surface area (Å²) in [7, 11) is 0. The van der Waals surface area contributed by atoms with Crippen molar-refractivity contribution in [2.24, 2.45) is 10.9 Å². The van der Waals surface area contributed by atoms with Gasteiger partial charge in [0.2, 0.25) is 5.95 Å². The summed E-state index contributed by atoms with van der Waals surface area (Å²) in [5.74, 6) is -1.09. The highest BCUT2D eigenvalue weighted by molar-refractivity contribution is 7.11. The molecule has 0 spiro atoms. The van der Waals surface area contributed by atoms with Crippen LogP contribution in [-0.2, 0) is 9.53 Å². The van der Waals surface area contributed by atoms with E-state index in [-0.39, 0.29) is 24.0 Å². The van der Waals surface area contributed by atoms with Crippen LogP contribution in [0.2, 0.25) is 0 Å². The molecule has 1 fully saturated rings. The van der Waals surface area contributed by atoms with Crippen LogP contribution >= 0.6 is 11.3 Å². The van der Waals surface area contributed by atoms with E-state index in [0.717, 1.165) is 0 Å². The third-order valence-corrected chi connectivity index (χ3v) is 7.86. The molecule has 10 nitrogen and oxygen atoms in total. The predicted molar refractivity (Wildman–Crippen MR) is 148 cm³/mol. The van der Waals surface area contributed by atoms with Crippen LogP contribution in [0.1, 0.15) is 58.0 Å². The maximum atomic E-state index is 14.0. The summed E-state index contributed by atoms with van der Waals surface area (Å²) in [5.41, 5.74) is 2.98. The molecule has 1 aromatic carbocycles. The van der Waals surface area contributed by atoms with Gasteiger partial charge in [-0.2, -0.15) is 0 Å². The standard InChI is InChI=1S/C28H29FN6O4S/c1-4-39-27(38)20-22(17-7-10-35(11-8-17)28-31-14-16(3)21(34-28)26(36)37)32-24(25-30-9-12-40-25)33-23(20)19-6-5-18(29)13-15(19)2/h5-6,9,12-14,17,23H,4,7-8,10-11H2,1-3H3,(H,32,33)(H,36,37). The second-order valence-corrected chi connectivity index (χ2v) is 10.6. The van der Waals surface area contributed by atoms with Crippen molar-refractivity contribution in [3.05, 3.63) is 80.5 Å². The average Bonchev–Trinajstić information content (AvgIpc) is 3.48. The number of carbonyl (C=O) groups is 2. The number of nitrogens with one attached hydrogen (secondary N) is 1. The monoisotopic (exact) mass is 564 g/mol. The second kappa shape index (κ2) is 11.5. The Morgan fingerprint density at radius 2 is 1.98 bits per heavy atom. The quantitative estimate of drug-likeness (QED) is 0.405. The van der Waals surface area contributed by atoms with Crippen molar-refractivity contribution in [2.45, 2.75) is 39.7 Å². The van der Waals surface area contributed by atoms with Crippen molar-refractivity contribution in [2.75, 3.05) is 24.6 Å². The number of allylic oxidation sites excluding steroid dienone is 1. The number of anilines is 1. The van der Waals surface area contributed by atoms with Gasteiger partial charge in [-0.25, -0.2) is 28.9 Å². The number of amidine groups is 1. The van der Waals surface area contributed by atoms with Crippen molar-refractivity contribution in [3.63, 3.8) is 0 Å². The minimum atomic E-state index is -1.09. The number of aryl methyl sites for hydroxylation is 2. The highest BCUT2D eigenvalue weighted by Gasteiger charge is 2.37. The molecule has 0 radical (unpaired) electrons. The minimum Gasteiger partial charge on any atom is -0.476 e. The molecule has 1 saturated heterocycles. The Labute approximate surface area is 234 Å². The molecule has 0 amide bonds. The van der Waals surface area contributed by atoms with Crippen LogP contribution in [0.4, 0.5) is 10.3 Å². The molecule has 208 valence electrons. The number of benzene rings is 1. The molecule has 0 aliphatic carbocycles. The minimum absolute atomic E-state index is 0.0183. The number of ether oxygens (including phenoxy) is 1. The van der Waals surface area contributed by atoms with Crippen LogP contribution in [0, 0.1) is 25.6 Å². The second-order valence-electron chi connectivity index (χ2n) is 9.66. The Kier molecular flexibility index (Phi) is 7.88. The largest absolute Gasteiger partial charge is 0.476 e. The lowest BCUT2D eigenvalue weighted by Crippen LogP contribution is -2.42. The SMILES string of the molecule is CCOC(=O)C1=C(C2CCN(c3ncc(C)c(C(=O)O)n3)CC2)NC(c2nccs2)=NC1c1ccc(F)cc1C. The van der Waals surface area contributed by atoms with Gasteiger partial charge in [0.15, 0.2) is 16.5 Å². The first-order chi connectivity index (χ1) is 19.3. The summed E-state index contributed by atoms with van der Waals surface area (Å²) in [6, 6.07) is 3.77. The van der Waals surface area contributed by atoms with Gasteiger partial charge in [-0.1, -0.05) is 6.07 Å². The van der Waals surface area contributed by atoms with Crippen LogP contribution < -0.4 is 10.2 Å². The van der Waals surface area contributed by atoms with E-state index in [1.807, 2.05) is 10.3 Å². The van der Waals surface area contributed by atoms with Crippen molar-refractivity contribution in [3.8, 4) is 0 Å². The molecule has 2 aromatic heterocycles. The Bertz CT molecular complexity index is 1500. The number of hydrogen-bond acceptors (Lipinski definition) is 10. The van der Waals surface area contributed by atoms with Gasteiger partial charge in [0.1, 0.15) is 11.9 Å². The Balaban J connectivity index is 1.52. The van der Waals surface area contributed by atoms with E-state index in [9.17, 15) is 19.1 Å². The van der Waals surface area contributed by atoms with E-state index < -0.39 is 18.0 Å². The third-order valence-electron chi connectivity index (χ3n) is 7.08. The molecule has 0 saturated carbocycles. The fourth-order valence-corrected chi connectivity index (χ4v) is 5.70. The lowest BCUT2D eigenvalue weighted by atomic mass is 9.85. The van der Waals surface area contributed by atoms with Gasteiger partial charge in [0.05, 0.1) is 12.2 Å². The summed E-state index contributed by atoms with van der Waals surface area (Å²) < 4.78 is 19.5. The number of esters is 1. The van der Waals surface area contributed by atoms with Crippen LogP contribution in [0.15, 0.2) is 52.2 Å². The van der Waals surface area contributed by atoms with Gasteiger partial charge >= 0.3 is 11.9 Å². The molecule has 12 heteroatoms. The number of aliphatic imine (C=N–C) groups is 1. The van der Waals surface area contributed by atoms with E-state index in [1.54, 1.807) is 33.0 Å². The zero-order chi connectivity index (χ0) is 28.4. The Hall–Kier alpha value is -4.19. The Morgan fingerprint density at radius 1 is 1.20 bits per heavy atom. The number of carbonyl (C=O) groups excluding carboxylic acids is 1. The third kappa shape index (κ3) is 5.44. The van der Waals surface area contributed by atoms with Crippen LogP contribution in [0.3, 0.4) is 0 Å². The van der Waals surface area contributed by atoms with Gasteiger partial charge in [-0.05, 0) is 56.9 Å². The van der Waals surface area contributed by atoms with Gasteiger partial charge in [-0.3, -0.25) is 4.99 Å². The average molecular weight is 565 g/mol. The van der Waals surface area contributed by atoms with E-state index >= 15 is 0 Å². The molecule has 5 rings (SSSR count). The predicted octanol–water partition coefficient (Wildman–Crippen LogP) is 4.21. The molecule has 4 heterocycles. The molecule has 2 aliphatic rings. The molecule has 40 heavy (non-hydrogen) atoms. The number of carboxylic acid groups (broad SMARTS) is 1. The fourth-order valence-electron chi connectivity index (χ4n) is 5.11. The smallest absolute Gasteiger partial charge is 0.354 e. The summed E-state index contributed by atoms with van der Waals surface area (Å²) in [5, 5.41) is 15.4. The molecular formula is C28H29FN6O4S. The lowest BCUT2D eigenvalue weighted by molar-refractivity contribution is -0.139. The number of hydrogen-bond donors (Lipinski definition) is 2. The Morgan fingerprint density at radius 3 is 2.62 bits per heavy atom. The zero-order valence-electron chi connectivity index (χ0n) is 22.3. The molecule has 1 unspecified atom stereocenters. The van der Waals surface area contributed by atoms with Crippen molar-refractivity contribution >= 4 is 35.1 Å². The lowest BCUT2D eigenvalue weighted by Gasteiger charge is -2.36. The van der Waals surface area contributed by atoms with E-state index in [0.29, 0.717) is 70.7 Å². The summed E-state index contributed by atoms with van der Waals surface area (Å²) in [6.07, 6.45) is 4.50. The van der Waals surface area contributed by atoms with E-state index in [4.69, 9.17) is 9.73 Å². The number of carboxylic acids is 1. The number of rotatable bonds is 7. The maximum Gasteiger partial charge on any atom is 0.354 e. The zero-order valence-corrected chi connectivity index (χ0v) is 23.2. The molecule has 3 aromatic rings. The fraction of sp³-hybridized carbons (Fsp3) is 0.357. The van der Waals surface area contributed by atoms with E-state index in [1.165, 1.54) is 29.7 Å². The van der Waals surface area contributed by atoms with Gasteiger partial charge < -0.3 is 20.1 Å². The summed E-state index contributed by atoms with van der Waals surface area (Å²) >= 11 is 1.43. The van der Waals surface area contributed by atoms with Gasteiger partial charge in [0, 0.05) is 48.0 Å². The number of aromatic nitrogens is 3. The van der Waals surface area contributed by atoms with Crippen molar-refractivity contribution in [1.82, 2.24) is 20.3 Å². The highest BCUT2D eigenvalue weighted by Crippen LogP contribution is 2.39. The molecule has 2 aliphatic heterocycles. The van der Waals surface area contributed by atoms with Crippen molar-refractivity contribution in [1.29, 1.82) is 0 Å². The summed E-state index contributed by atoms with van der Waals surface area (Å²) in [6.45, 7) is 6.52. The molecule has 2 N–H and O–H groups in total. The number of halogens is 1. The van der Waals surface area contributed by atoms with Crippen LogP contribution in [0.25, 0.3) is 0 Å². The number of aromatic carboxylic acids is 1. The normalized spacial score (nSPS) is 17.9. The molecule has 0 bridgehead atoms. The molecular weight excluding hydrogens is 535 g/mol. The number of thiazole rings is 1. The topological polar surface area (TPSA) is 130 Å². The summed E-state index contributed by atoms with van der Waals surface area (Å²) in [4.78, 5) is 45.0. The highest BCUT2D eigenvalue weighted by atomic mass is 32.1. The van der Waals surface area contributed by atoms with E-state index in [2.05, 4.69) is 20.3 Å². The first-order valence-corrected chi connectivity index (χ1v) is 13.9. The van der Waals surface area contributed by atoms with Crippen LogP contribution in [0.5, 0.6) is 0 Å².